The predicted octanol–water partition coefficient (Wildman–Crippen LogP) is 1.53. The summed E-state index contributed by atoms with van der Waals surface area (Å²) >= 11 is 0. The smallest absolute Gasteiger partial charge is 0.121 e. The molecule has 0 radical (unpaired) electrons. The van der Waals surface area contributed by atoms with Crippen molar-refractivity contribution in [1.29, 1.82) is 0 Å². The second-order valence-electron chi connectivity index (χ2n) is 4.88. The number of ether oxygens (including phenoxy) is 1. The Hall–Kier alpha value is -1.26. The fourth-order valence-electron chi connectivity index (χ4n) is 1.69. The maximum Gasteiger partial charge on any atom is 0.121 e. The first-order valence-electron chi connectivity index (χ1n) is 6.39. The molecule has 0 spiro atoms. The molecule has 0 unspecified atom stereocenters. The molecule has 0 aromatic heterocycles. The summed E-state index contributed by atoms with van der Waals surface area (Å²) in [6.07, 6.45) is 1.18. The Balaban J connectivity index is 2.13. The molecule has 1 aromatic rings. The lowest BCUT2D eigenvalue weighted by Crippen LogP contribution is -2.27. The van der Waals surface area contributed by atoms with Gasteiger partial charge in [0, 0.05) is 18.3 Å². The number of nitrogens with zero attached hydrogens (tertiary/aromatic N) is 2. The van der Waals surface area contributed by atoms with Gasteiger partial charge in [-0.15, -0.1) is 0 Å². The van der Waals surface area contributed by atoms with Crippen molar-refractivity contribution < 1.29 is 4.74 Å². The molecule has 0 heterocycles. The van der Waals surface area contributed by atoms with Gasteiger partial charge in [-0.25, -0.2) is 0 Å². The molecular formula is C14H25N3O. The van der Waals surface area contributed by atoms with E-state index in [1.807, 2.05) is 24.3 Å². The van der Waals surface area contributed by atoms with Gasteiger partial charge in [0.25, 0.3) is 0 Å². The van der Waals surface area contributed by atoms with E-state index in [4.69, 9.17) is 10.5 Å². The minimum Gasteiger partial charge on any atom is -0.492 e. The van der Waals surface area contributed by atoms with Crippen LogP contribution in [0.25, 0.3) is 0 Å². The third-order valence-corrected chi connectivity index (χ3v) is 2.74. The molecule has 0 saturated carbocycles. The van der Waals surface area contributed by atoms with E-state index in [-0.39, 0.29) is 0 Å². The highest BCUT2D eigenvalue weighted by molar-refractivity contribution is 5.43. The fraction of sp³-hybridized carbons (Fsp3) is 0.571. The highest BCUT2D eigenvalue weighted by Gasteiger charge is 2.00. The van der Waals surface area contributed by atoms with Crippen molar-refractivity contribution >= 4 is 5.69 Å². The van der Waals surface area contributed by atoms with Gasteiger partial charge < -0.3 is 20.3 Å². The summed E-state index contributed by atoms with van der Waals surface area (Å²) in [4.78, 5) is 4.49. The third-order valence-electron chi connectivity index (χ3n) is 2.74. The van der Waals surface area contributed by atoms with Crippen LogP contribution in [0.2, 0.25) is 0 Å². The molecule has 0 amide bonds. The van der Waals surface area contributed by atoms with Gasteiger partial charge in [-0.3, -0.25) is 0 Å². The second kappa shape index (κ2) is 7.95. The van der Waals surface area contributed by atoms with Crippen molar-refractivity contribution in [3.05, 3.63) is 24.3 Å². The van der Waals surface area contributed by atoms with Gasteiger partial charge in [-0.2, -0.15) is 0 Å². The molecule has 0 saturated heterocycles. The Morgan fingerprint density at radius 3 is 2.56 bits per heavy atom. The van der Waals surface area contributed by atoms with E-state index < -0.39 is 0 Å². The van der Waals surface area contributed by atoms with Crippen LogP contribution in [-0.2, 0) is 0 Å². The molecule has 102 valence electrons. The van der Waals surface area contributed by atoms with Crippen molar-refractivity contribution in [1.82, 2.24) is 9.80 Å². The molecule has 0 fully saturated rings. The molecule has 2 N–H and O–H groups in total. The molecule has 4 nitrogen and oxygen atoms in total. The van der Waals surface area contributed by atoms with Crippen LogP contribution < -0.4 is 10.5 Å². The molecular weight excluding hydrogens is 226 g/mol. The standard InChI is InChI=1S/C14H25N3O/c1-16(2)8-5-9-17(3)10-11-18-14-7-4-6-13(15)12-14/h4,6-7,12H,5,8-11,15H2,1-3H3. The molecule has 4 heteroatoms. The Labute approximate surface area is 110 Å². The first-order chi connectivity index (χ1) is 8.58. The summed E-state index contributed by atoms with van der Waals surface area (Å²) in [5.74, 6) is 0.844. The maximum atomic E-state index is 5.69. The summed E-state index contributed by atoms with van der Waals surface area (Å²) in [7, 11) is 6.32. The molecule has 0 aliphatic heterocycles. The monoisotopic (exact) mass is 251 g/mol. The van der Waals surface area contributed by atoms with Gasteiger partial charge in [0.05, 0.1) is 0 Å². The quantitative estimate of drug-likeness (QED) is 0.712. The minimum atomic E-state index is 0.696. The summed E-state index contributed by atoms with van der Waals surface area (Å²) in [5, 5.41) is 0. The fourth-order valence-corrected chi connectivity index (χ4v) is 1.69. The van der Waals surface area contributed by atoms with Crippen LogP contribution in [0.1, 0.15) is 6.42 Å². The summed E-state index contributed by atoms with van der Waals surface area (Å²) in [6, 6.07) is 7.56. The van der Waals surface area contributed by atoms with Crippen molar-refractivity contribution in [2.24, 2.45) is 0 Å². The van der Waals surface area contributed by atoms with E-state index in [0.717, 1.165) is 31.1 Å². The number of anilines is 1. The third kappa shape index (κ3) is 6.47. The average molecular weight is 251 g/mol. The minimum absolute atomic E-state index is 0.696. The number of hydrogen-bond donors (Lipinski definition) is 1. The number of benzene rings is 1. The zero-order valence-corrected chi connectivity index (χ0v) is 11.7. The van der Waals surface area contributed by atoms with E-state index in [9.17, 15) is 0 Å². The van der Waals surface area contributed by atoms with Gasteiger partial charge >= 0.3 is 0 Å². The van der Waals surface area contributed by atoms with Crippen molar-refractivity contribution in [3.8, 4) is 5.75 Å². The van der Waals surface area contributed by atoms with E-state index in [0.29, 0.717) is 6.61 Å². The molecule has 18 heavy (non-hydrogen) atoms. The zero-order valence-electron chi connectivity index (χ0n) is 11.7. The topological polar surface area (TPSA) is 41.7 Å². The Bertz CT molecular complexity index is 342. The van der Waals surface area contributed by atoms with E-state index in [1.165, 1.54) is 6.42 Å². The first-order valence-corrected chi connectivity index (χ1v) is 6.39. The SMILES string of the molecule is CN(C)CCCN(C)CCOc1cccc(N)c1. The molecule has 0 bridgehead atoms. The Morgan fingerprint density at radius 1 is 1.11 bits per heavy atom. The lowest BCUT2D eigenvalue weighted by Gasteiger charge is -2.18. The van der Waals surface area contributed by atoms with E-state index >= 15 is 0 Å². The summed E-state index contributed by atoms with van der Waals surface area (Å²) < 4.78 is 5.65. The first kappa shape index (κ1) is 14.8. The number of nitrogen functional groups attached to an aromatic ring is 1. The molecule has 0 aliphatic rings. The van der Waals surface area contributed by atoms with Crippen LogP contribution in [0.5, 0.6) is 5.75 Å². The van der Waals surface area contributed by atoms with Gasteiger partial charge in [-0.05, 0) is 52.8 Å². The molecule has 1 rings (SSSR count). The zero-order chi connectivity index (χ0) is 13.4. The van der Waals surface area contributed by atoms with E-state index in [2.05, 4.69) is 30.9 Å². The highest BCUT2D eigenvalue weighted by Crippen LogP contribution is 2.14. The maximum absolute atomic E-state index is 5.69. The van der Waals surface area contributed by atoms with Crippen molar-refractivity contribution in [3.63, 3.8) is 0 Å². The lowest BCUT2D eigenvalue weighted by molar-refractivity contribution is 0.230. The molecule has 1 aromatic carbocycles. The number of likely N-dealkylation sites (N-methyl/N-ethyl adjacent to an activating group) is 1. The van der Waals surface area contributed by atoms with Crippen LogP contribution in [0, 0.1) is 0 Å². The Kier molecular flexibility index (Phi) is 6.54. The van der Waals surface area contributed by atoms with Crippen LogP contribution in [0.4, 0.5) is 5.69 Å². The Morgan fingerprint density at radius 2 is 1.89 bits per heavy atom. The normalized spacial score (nSPS) is 11.2. The van der Waals surface area contributed by atoms with Gasteiger partial charge in [0.2, 0.25) is 0 Å². The van der Waals surface area contributed by atoms with Gasteiger partial charge in [0.15, 0.2) is 0 Å². The lowest BCUT2D eigenvalue weighted by atomic mass is 10.3. The van der Waals surface area contributed by atoms with Gasteiger partial charge in [-0.1, -0.05) is 6.07 Å². The van der Waals surface area contributed by atoms with Crippen LogP contribution in [0.15, 0.2) is 24.3 Å². The van der Waals surface area contributed by atoms with Gasteiger partial charge in [0.1, 0.15) is 12.4 Å². The number of nitrogens with two attached hydrogens (primary N) is 1. The molecule has 0 aliphatic carbocycles. The van der Waals surface area contributed by atoms with Crippen LogP contribution >= 0.6 is 0 Å². The largest absolute Gasteiger partial charge is 0.492 e. The summed E-state index contributed by atoms with van der Waals surface area (Å²) in [6.45, 7) is 3.85. The van der Waals surface area contributed by atoms with Crippen LogP contribution in [-0.4, -0.2) is 57.2 Å². The van der Waals surface area contributed by atoms with Crippen molar-refractivity contribution in [2.45, 2.75) is 6.42 Å². The number of rotatable bonds is 8. The number of hydrogen-bond acceptors (Lipinski definition) is 4. The average Bonchev–Trinajstić information content (AvgIpc) is 2.28. The highest BCUT2D eigenvalue weighted by atomic mass is 16.5. The predicted molar refractivity (Wildman–Crippen MR) is 77.0 cm³/mol. The van der Waals surface area contributed by atoms with Crippen molar-refractivity contribution in [2.75, 3.05) is 53.1 Å². The van der Waals surface area contributed by atoms with E-state index in [1.54, 1.807) is 0 Å². The second-order valence-corrected chi connectivity index (χ2v) is 4.88. The van der Waals surface area contributed by atoms with Crippen LogP contribution in [0.3, 0.4) is 0 Å². The molecule has 0 atom stereocenters. The summed E-state index contributed by atoms with van der Waals surface area (Å²) in [5.41, 5.74) is 6.43.